The van der Waals surface area contributed by atoms with Crippen molar-refractivity contribution < 1.29 is 4.74 Å². The van der Waals surface area contributed by atoms with Crippen molar-refractivity contribution in [3.05, 3.63) is 29.3 Å². The number of nitrogens with zero attached hydrogens (tertiary/aromatic N) is 1. The highest BCUT2D eigenvalue weighted by Gasteiger charge is 2.50. The van der Waals surface area contributed by atoms with Crippen LogP contribution in [-0.4, -0.2) is 30.6 Å². The molecule has 0 atom stereocenters. The van der Waals surface area contributed by atoms with Crippen LogP contribution < -0.4 is 10.5 Å². The van der Waals surface area contributed by atoms with Crippen LogP contribution in [0, 0.1) is 12.8 Å². The van der Waals surface area contributed by atoms with Crippen LogP contribution >= 0.6 is 0 Å². The second-order valence-corrected chi connectivity index (χ2v) is 5.97. The van der Waals surface area contributed by atoms with Gasteiger partial charge in [0.2, 0.25) is 0 Å². The lowest BCUT2D eigenvalue weighted by atomic mass is 9.85. The molecule has 1 aromatic carbocycles. The molecule has 2 aliphatic rings. The number of ether oxygens (including phenoxy) is 1. The van der Waals surface area contributed by atoms with Gasteiger partial charge in [0, 0.05) is 30.7 Å². The number of hydrogen-bond acceptors (Lipinski definition) is 3. The van der Waals surface area contributed by atoms with Crippen LogP contribution in [-0.2, 0) is 6.54 Å². The maximum absolute atomic E-state index is 6.38. The molecule has 98 valence electrons. The Morgan fingerprint density at radius 1 is 1.39 bits per heavy atom. The molecule has 0 amide bonds. The summed E-state index contributed by atoms with van der Waals surface area (Å²) in [6.45, 7) is 5.15. The molecule has 3 rings (SSSR count). The lowest BCUT2D eigenvalue weighted by molar-refractivity contribution is 0.0472. The van der Waals surface area contributed by atoms with Gasteiger partial charge in [-0.15, -0.1) is 0 Å². The van der Waals surface area contributed by atoms with E-state index in [0.717, 1.165) is 31.3 Å². The second-order valence-electron chi connectivity index (χ2n) is 5.97. The fourth-order valence-electron chi connectivity index (χ4n) is 3.09. The summed E-state index contributed by atoms with van der Waals surface area (Å²) in [5.41, 5.74) is 9.05. The summed E-state index contributed by atoms with van der Waals surface area (Å²) < 4.78 is 5.42. The van der Waals surface area contributed by atoms with Crippen LogP contribution in [0.2, 0.25) is 0 Å². The van der Waals surface area contributed by atoms with Gasteiger partial charge in [-0.1, -0.05) is 17.7 Å². The maximum Gasteiger partial charge on any atom is 0.123 e. The van der Waals surface area contributed by atoms with Gasteiger partial charge < -0.3 is 10.5 Å². The Labute approximate surface area is 109 Å². The molecule has 2 fully saturated rings. The molecule has 1 aliphatic carbocycles. The van der Waals surface area contributed by atoms with Gasteiger partial charge in [0.05, 0.1) is 7.11 Å². The highest BCUT2D eigenvalue weighted by Crippen LogP contribution is 2.43. The van der Waals surface area contributed by atoms with Crippen LogP contribution in [0.3, 0.4) is 0 Å². The zero-order valence-corrected chi connectivity index (χ0v) is 11.3. The van der Waals surface area contributed by atoms with E-state index >= 15 is 0 Å². The number of methoxy groups -OCH3 is 1. The molecule has 0 spiro atoms. The van der Waals surface area contributed by atoms with Crippen molar-refractivity contribution in [1.82, 2.24) is 4.90 Å². The molecule has 1 aliphatic heterocycles. The number of hydrogen-bond donors (Lipinski definition) is 1. The molecule has 1 heterocycles. The Bertz CT molecular complexity index is 448. The Balaban J connectivity index is 1.65. The third kappa shape index (κ3) is 2.13. The van der Waals surface area contributed by atoms with Crippen LogP contribution in [0.5, 0.6) is 5.75 Å². The molecule has 0 radical (unpaired) electrons. The standard InChI is InChI=1S/C15H22N2O/c1-11-3-6-14(18-2)12(7-11)8-17-9-15(16,10-17)13-4-5-13/h3,6-7,13H,4-5,8-10,16H2,1-2H3. The molecule has 1 aromatic rings. The van der Waals surface area contributed by atoms with Crippen molar-refractivity contribution in [2.24, 2.45) is 11.7 Å². The molecule has 3 heteroatoms. The van der Waals surface area contributed by atoms with Crippen molar-refractivity contribution in [2.75, 3.05) is 20.2 Å². The molecular weight excluding hydrogens is 224 g/mol. The summed E-state index contributed by atoms with van der Waals surface area (Å²) in [6.07, 6.45) is 2.66. The SMILES string of the molecule is COc1ccc(C)cc1CN1CC(N)(C2CC2)C1. The number of likely N-dealkylation sites (tertiary alicyclic amines) is 1. The third-order valence-electron chi connectivity index (χ3n) is 4.26. The summed E-state index contributed by atoms with van der Waals surface area (Å²) in [6, 6.07) is 6.36. The predicted molar refractivity (Wildman–Crippen MR) is 72.7 cm³/mol. The minimum atomic E-state index is 0.108. The molecule has 18 heavy (non-hydrogen) atoms. The lowest BCUT2D eigenvalue weighted by Gasteiger charge is -2.48. The zero-order valence-electron chi connectivity index (χ0n) is 11.3. The van der Waals surface area contributed by atoms with Crippen molar-refractivity contribution in [1.29, 1.82) is 0 Å². The fraction of sp³-hybridized carbons (Fsp3) is 0.600. The zero-order chi connectivity index (χ0) is 12.8. The molecule has 2 N–H and O–H groups in total. The first-order valence-corrected chi connectivity index (χ1v) is 6.75. The third-order valence-corrected chi connectivity index (χ3v) is 4.26. The van der Waals surface area contributed by atoms with E-state index < -0.39 is 0 Å². The maximum atomic E-state index is 6.38. The predicted octanol–water partition coefficient (Wildman–Crippen LogP) is 1.93. The number of nitrogens with two attached hydrogens (primary N) is 1. The van der Waals surface area contributed by atoms with Gasteiger partial charge in [-0.25, -0.2) is 0 Å². The highest BCUT2D eigenvalue weighted by atomic mass is 16.5. The van der Waals surface area contributed by atoms with E-state index in [1.807, 2.05) is 0 Å². The first-order chi connectivity index (χ1) is 8.60. The van der Waals surface area contributed by atoms with Crippen molar-refractivity contribution >= 4 is 0 Å². The van der Waals surface area contributed by atoms with E-state index in [-0.39, 0.29) is 5.54 Å². The summed E-state index contributed by atoms with van der Waals surface area (Å²) in [4.78, 5) is 2.43. The van der Waals surface area contributed by atoms with E-state index in [1.54, 1.807) is 7.11 Å². The number of aryl methyl sites for hydroxylation is 1. The Morgan fingerprint density at radius 3 is 2.72 bits per heavy atom. The van der Waals surface area contributed by atoms with Gasteiger partial charge in [-0.2, -0.15) is 0 Å². The smallest absolute Gasteiger partial charge is 0.123 e. The molecular formula is C15H22N2O. The minimum absolute atomic E-state index is 0.108. The molecule has 1 saturated heterocycles. The van der Waals surface area contributed by atoms with E-state index in [2.05, 4.69) is 30.0 Å². The largest absolute Gasteiger partial charge is 0.496 e. The molecule has 0 aromatic heterocycles. The summed E-state index contributed by atoms with van der Waals surface area (Å²) in [5, 5.41) is 0. The quantitative estimate of drug-likeness (QED) is 0.882. The first-order valence-electron chi connectivity index (χ1n) is 6.75. The summed E-state index contributed by atoms with van der Waals surface area (Å²) in [5.74, 6) is 1.77. The highest BCUT2D eigenvalue weighted by molar-refractivity contribution is 5.37. The molecule has 3 nitrogen and oxygen atoms in total. The lowest BCUT2D eigenvalue weighted by Crippen LogP contribution is -2.68. The van der Waals surface area contributed by atoms with Crippen LogP contribution in [0.4, 0.5) is 0 Å². The van der Waals surface area contributed by atoms with Gasteiger partial charge in [-0.05, 0) is 31.7 Å². The van der Waals surface area contributed by atoms with E-state index in [0.29, 0.717) is 0 Å². The Morgan fingerprint density at radius 2 is 2.11 bits per heavy atom. The van der Waals surface area contributed by atoms with E-state index in [9.17, 15) is 0 Å². The molecule has 0 unspecified atom stereocenters. The second kappa shape index (κ2) is 4.25. The van der Waals surface area contributed by atoms with Crippen molar-refractivity contribution in [3.63, 3.8) is 0 Å². The van der Waals surface area contributed by atoms with E-state index in [1.165, 1.54) is 24.0 Å². The first kappa shape index (κ1) is 12.0. The van der Waals surface area contributed by atoms with Gasteiger partial charge >= 0.3 is 0 Å². The molecule has 1 saturated carbocycles. The van der Waals surface area contributed by atoms with E-state index in [4.69, 9.17) is 10.5 Å². The van der Waals surface area contributed by atoms with Crippen LogP contribution in [0.25, 0.3) is 0 Å². The monoisotopic (exact) mass is 246 g/mol. The van der Waals surface area contributed by atoms with Gasteiger partial charge in [-0.3, -0.25) is 4.90 Å². The minimum Gasteiger partial charge on any atom is -0.496 e. The number of rotatable bonds is 4. The normalized spacial score (nSPS) is 22.6. The van der Waals surface area contributed by atoms with Crippen LogP contribution in [0.15, 0.2) is 18.2 Å². The van der Waals surface area contributed by atoms with Crippen molar-refractivity contribution in [2.45, 2.75) is 31.8 Å². The van der Waals surface area contributed by atoms with Gasteiger partial charge in [0.15, 0.2) is 0 Å². The molecule has 0 bridgehead atoms. The Hall–Kier alpha value is -1.06. The summed E-state index contributed by atoms with van der Waals surface area (Å²) >= 11 is 0. The average molecular weight is 246 g/mol. The van der Waals surface area contributed by atoms with Crippen LogP contribution in [0.1, 0.15) is 24.0 Å². The number of benzene rings is 1. The summed E-state index contributed by atoms with van der Waals surface area (Å²) in [7, 11) is 1.74. The topological polar surface area (TPSA) is 38.5 Å². The van der Waals surface area contributed by atoms with Gasteiger partial charge in [0.1, 0.15) is 5.75 Å². The fourth-order valence-corrected chi connectivity index (χ4v) is 3.09. The van der Waals surface area contributed by atoms with Crippen molar-refractivity contribution in [3.8, 4) is 5.75 Å². The average Bonchev–Trinajstić information content (AvgIpc) is 3.11. The Kier molecular flexibility index (Phi) is 2.83. The van der Waals surface area contributed by atoms with Gasteiger partial charge in [0.25, 0.3) is 0 Å².